The summed E-state index contributed by atoms with van der Waals surface area (Å²) in [5.41, 5.74) is 9.19. The van der Waals surface area contributed by atoms with Gasteiger partial charge in [-0.3, -0.25) is 9.55 Å². The van der Waals surface area contributed by atoms with E-state index in [9.17, 15) is 0 Å². The number of pyridine rings is 1. The van der Waals surface area contributed by atoms with Crippen LogP contribution in [0.5, 0.6) is 5.88 Å². The van der Waals surface area contributed by atoms with E-state index in [1.54, 1.807) is 30.0 Å². The normalized spacial score (nSPS) is 10.9. The lowest BCUT2D eigenvalue weighted by molar-refractivity contribution is 0.399. The number of imidazole rings is 1. The molecular weight excluding hydrogens is 250 g/mol. The fourth-order valence-corrected chi connectivity index (χ4v) is 2.33. The van der Waals surface area contributed by atoms with Gasteiger partial charge in [0.15, 0.2) is 5.65 Å². The standard InChI is InChI=1S/C11H11N5OS/c1-17-9-3-2-8-10(15-9)16(11(12)14-8)5-7-4-13-6-18-7/h2-4,6H,5H2,1H3,(H2,12,14). The second-order valence-electron chi connectivity index (χ2n) is 3.72. The average molecular weight is 261 g/mol. The summed E-state index contributed by atoms with van der Waals surface area (Å²) in [6, 6.07) is 3.62. The molecule has 0 fully saturated rings. The number of nitrogen functional groups attached to an aromatic ring is 1. The minimum absolute atomic E-state index is 0.444. The molecule has 7 heteroatoms. The van der Waals surface area contributed by atoms with Gasteiger partial charge >= 0.3 is 0 Å². The zero-order valence-corrected chi connectivity index (χ0v) is 10.5. The first-order chi connectivity index (χ1) is 8.78. The van der Waals surface area contributed by atoms with Gasteiger partial charge in [0.1, 0.15) is 5.52 Å². The summed E-state index contributed by atoms with van der Waals surface area (Å²) >= 11 is 1.57. The predicted octanol–water partition coefficient (Wildman–Crippen LogP) is 1.53. The molecule has 18 heavy (non-hydrogen) atoms. The van der Waals surface area contributed by atoms with Crippen LogP contribution in [0.4, 0.5) is 5.95 Å². The van der Waals surface area contributed by atoms with E-state index >= 15 is 0 Å². The molecule has 3 aromatic heterocycles. The van der Waals surface area contributed by atoms with Crippen molar-refractivity contribution in [2.24, 2.45) is 0 Å². The van der Waals surface area contributed by atoms with Crippen LogP contribution in [0, 0.1) is 0 Å². The first-order valence-corrected chi connectivity index (χ1v) is 6.20. The highest BCUT2D eigenvalue weighted by atomic mass is 32.1. The van der Waals surface area contributed by atoms with Crippen LogP contribution >= 0.6 is 11.3 Å². The summed E-state index contributed by atoms with van der Waals surface area (Å²) in [6.45, 7) is 0.618. The quantitative estimate of drug-likeness (QED) is 0.773. The minimum atomic E-state index is 0.444. The van der Waals surface area contributed by atoms with Crippen LogP contribution < -0.4 is 10.5 Å². The summed E-state index contributed by atoms with van der Waals surface area (Å²) in [7, 11) is 1.58. The van der Waals surface area contributed by atoms with Gasteiger partial charge in [-0.25, -0.2) is 4.98 Å². The number of ether oxygens (including phenoxy) is 1. The number of thiazole rings is 1. The number of fused-ring (bicyclic) bond motifs is 1. The van der Waals surface area contributed by atoms with Crippen LogP contribution in [0.1, 0.15) is 4.88 Å². The van der Waals surface area contributed by atoms with E-state index in [-0.39, 0.29) is 0 Å². The molecule has 6 nitrogen and oxygen atoms in total. The first kappa shape index (κ1) is 11.0. The van der Waals surface area contributed by atoms with Gasteiger partial charge in [0.25, 0.3) is 0 Å². The smallest absolute Gasteiger partial charge is 0.215 e. The summed E-state index contributed by atoms with van der Waals surface area (Å²) < 4.78 is 6.97. The van der Waals surface area contributed by atoms with Crippen molar-refractivity contribution in [2.45, 2.75) is 6.54 Å². The summed E-state index contributed by atoms with van der Waals surface area (Å²) in [6.07, 6.45) is 1.82. The van der Waals surface area contributed by atoms with Gasteiger partial charge in [0.2, 0.25) is 11.8 Å². The number of hydrogen-bond acceptors (Lipinski definition) is 6. The molecule has 2 N–H and O–H groups in total. The van der Waals surface area contributed by atoms with E-state index in [1.807, 2.05) is 16.8 Å². The Morgan fingerprint density at radius 2 is 2.28 bits per heavy atom. The summed E-state index contributed by atoms with van der Waals surface area (Å²) in [5, 5.41) is 0. The number of anilines is 1. The number of rotatable bonds is 3. The highest BCUT2D eigenvalue weighted by molar-refractivity contribution is 7.09. The van der Waals surface area contributed by atoms with Gasteiger partial charge in [-0.2, -0.15) is 4.98 Å². The average Bonchev–Trinajstić information content (AvgIpc) is 2.99. The fraction of sp³-hybridized carbons (Fsp3) is 0.182. The predicted molar refractivity (Wildman–Crippen MR) is 69.7 cm³/mol. The Balaban J connectivity index is 2.11. The van der Waals surface area contributed by atoms with Crippen LogP contribution in [0.2, 0.25) is 0 Å². The third kappa shape index (κ3) is 1.78. The van der Waals surface area contributed by atoms with Gasteiger partial charge < -0.3 is 10.5 Å². The van der Waals surface area contributed by atoms with Crippen molar-refractivity contribution < 1.29 is 4.74 Å². The van der Waals surface area contributed by atoms with Crippen LogP contribution in [0.3, 0.4) is 0 Å². The van der Waals surface area contributed by atoms with Crippen LogP contribution in [0.25, 0.3) is 11.2 Å². The third-order valence-corrected chi connectivity index (χ3v) is 3.37. The van der Waals surface area contributed by atoms with E-state index in [0.29, 0.717) is 18.4 Å². The number of methoxy groups -OCH3 is 1. The highest BCUT2D eigenvalue weighted by Gasteiger charge is 2.11. The van der Waals surface area contributed by atoms with Crippen molar-refractivity contribution in [3.63, 3.8) is 0 Å². The molecule has 0 bridgehead atoms. The van der Waals surface area contributed by atoms with E-state index in [4.69, 9.17) is 10.5 Å². The largest absolute Gasteiger partial charge is 0.481 e. The van der Waals surface area contributed by atoms with Crippen molar-refractivity contribution in [1.82, 2.24) is 19.5 Å². The lowest BCUT2D eigenvalue weighted by Crippen LogP contribution is -2.04. The van der Waals surface area contributed by atoms with Gasteiger partial charge in [0.05, 0.1) is 19.2 Å². The maximum Gasteiger partial charge on any atom is 0.215 e. The van der Waals surface area contributed by atoms with Gasteiger partial charge in [-0.1, -0.05) is 0 Å². The molecule has 0 unspecified atom stereocenters. The first-order valence-electron chi connectivity index (χ1n) is 5.32. The molecule has 0 aliphatic rings. The van der Waals surface area contributed by atoms with E-state index in [1.165, 1.54) is 0 Å². The zero-order chi connectivity index (χ0) is 12.5. The van der Waals surface area contributed by atoms with Crippen molar-refractivity contribution >= 4 is 28.4 Å². The van der Waals surface area contributed by atoms with Crippen molar-refractivity contribution in [3.8, 4) is 5.88 Å². The topological polar surface area (TPSA) is 78.9 Å². The van der Waals surface area contributed by atoms with Crippen molar-refractivity contribution in [1.29, 1.82) is 0 Å². The molecule has 0 saturated heterocycles. The summed E-state index contributed by atoms with van der Waals surface area (Å²) in [4.78, 5) is 13.8. The number of aromatic nitrogens is 4. The van der Waals surface area contributed by atoms with Crippen molar-refractivity contribution in [3.05, 3.63) is 28.7 Å². The monoisotopic (exact) mass is 261 g/mol. The molecule has 92 valence electrons. The maximum atomic E-state index is 5.92. The van der Waals surface area contributed by atoms with E-state index in [2.05, 4.69) is 15.0 Å². The summed E-state index contributed by atoms with van der Waals surface area (Å²) in [5.74, 6) is 0.993. The minimum Gasteiger partial charge on any atom is -0.481 e. The molecular formula is C11H11N5OS. The van der Waals surface area contributed by atoms with Gasteiger partial charge in [0, 0.05) is 17.1 Å². The Morgan fingerprint density at radius 3 is 3.00 bits per heavy atom. The van der Waals surface area contributed by atoms with Crippen LogP contribution in [-0.4, -0.2) is 26.6 Å². The van der Waals surface area contributed by atoms with E-state index in [0.717, 1.165) is 16.0 Å². The SMILES string of the molecule is COc1ccc2nc(N)n(Cc3cncs3)c2n1. The van der Waals surface area contributed by atoms with Gasteiger partial charge in [-0.15, -0.1) is 11.3 Å². The number of hydrogen-bond donors (Lipinski definition) is 1. The van der Waals surface area contributed by atoms with Crippen LogP contribution in [0.15, 0.2) is 23.8 Å². The molecule has 0 aromatic carbocycles. The molecule has 0 amide bonds. The molecule has 3 aromatic rings. The Bertz CT molecular complexity index is 676. The molecule has 0 aliphatic carbocycles. The number of nitrogens with zero attached hydrogens (tertiary/aromatic N) is 4. The Morgan fingerprint density at radius 1 is 1.39 bits per heavy atom. The maximum absolute atomic E-state index is 5.92. The molecule has 0 radical (unpaired) electrons. The molecule has 3 heterocycles. The Kier molecular flexibility index (Phi) is 2.60. The zero-order valence-electron chi connectivity index (χ0n) is 9.70. The molecule has 3 rings (SSSR count). The molecule has 0 aliphatic heterocycles. The lowest BCUT2D eigenvalue weighted by atomic mass is 10.4. The lowest BCUT2D eigenvalue weighted by Gasteiger charge is -2.04. The highest BCUT2D eigenvalue weighted by Crippen LogP contribution is 2.21. The molecule has 0 spiro atoms. The fourth-order valence-electron chi connectivity index (χ4n) is 1.75. The molecule has 0 saturated carbocycles. The van der Waals surface area contributed by atoms with Crippen molar-refractivity contribution in [2.75, 3.05) is 12.8 Å². The van der Waals surface area contributed by atoms with E-state index < -0.39 is 0 Å². The number of nitrogens with two attached hydrogens (primary N) is 1. The Labute approximate surface area is 107 Å². The Hall–Kier alpha value is -2.15. The second kappa shape index (κ2) is 4.26. The molecule has 0 atom stereocenters. The second-order valence-corrected chi connectivity index (χ2v) is 4.69. The van der Waals surface area contributed by atoms with Gasteiger partial charge in [-0.05, 0) is 6.07 Å². The van der Waals surface area contributed by atoms with Crippen LogP contribution in [-0.2, 0) is 6.54 Å². The third-order valence-electron chi connectivity index (χ3n) is 2.60.